The topological polar surface area (TPSA) is 88.8 Å². The van der Waals surface area contributed by atoms with Crippen LogP contribution in [-0.2, 0) is 34.0 Å². The lowest BCUT2D eigenvalue weighted by Gasteiger charge is -2.38. The second-order valence-corrected chi connectivity index (χ2v) is 6.43. The first-order chi connectivity index (χ1) is 12.5. The Morgan fingerprint density at radius 2 is 2.08 bits per heavy atom. The number of methoxy groups -OCH3 is 1. The van der Waals surface area contributed by atoms with Crippen molar-refractivity contribution in [2.75, 3.05) is 13.7 Å². The van der Waals surface area contributed by atoms with Gasteiger partial charge in [0, 0.05) is 18.7 Å². The number of carbonyl (C=O) groups excluding carboxylic acids is 2. The number of amides is 2. The minimum Gasteiger partial charge on any atom is -0.377 e. The summed E-state index contributed by atoms with van der Waals surface area (Å²) in [5.41, 5.74) is 0.803. The molecule has 0 spiro atoms. The Balaban J connectivity index is 1.69. The monoisotopic (exact) mass is 378 g/mol. The zero-order valence-corrected chi connectivity index (χ0v) is 15.3. The van der Waals surface area contributed by atoms with Crippen LogP contribution in [0.15, 0.2) is 28.8 Å². The summed E-state index contributed by atoms with van der Waals surface area (Å²) in [4.78, 5) is 32.4. The highest BCUT2D eigenvalue weighted by atomic mass is 35.5. The number of hydrogen-bond acceptors (Lipinski definition) is 6. The number of piperazine rings is 1. The smallest absolute Gasteiger partial charge is 0.246 e. The minimum absolute atomic E-state index is 0.0204. The van der Waals surface area contributed by atoms with E-state index >= 15 is 0 Å². The predicted molar refractivity (Wildman–Crippen MR) is 91.9 cm³/mol. The largest absolute Gasteiger partial charge is 0.377 e. The van der Waals surface area contributed by atoms with E-state index in [2.05, 4.69) is 10.1 Å². The molecule has 1 aromatic heterocycles. The fourth-order valence-electron chi connectivity index (χ4n) is 2.82. The lowest BCUT2D eigenvalue weighted by Crippen LogP contribution is -2.58. The van der Waals surface area contributed by atoms with Gasteiger partial charge < -0.3 is 19.1 Å². The highest BCUT2D eigenvalue weighted by Gasteiger charge is 2.37. The van der Waals surface area contributed by atoms with Gasteiger partial charge in [-0.2, -0.15) is 4.98 Å². The molecule has 1 fully saturated rings. The van der Waals surface area contributed by atoms with Crippen LogP contribution in [-0.4, -0.2) is 51.5 Å². The summed E-state index contributed by atoms with van der Waals surface area (Å²) in [5.74, 6) is 0.327. The fourth-order valence-corrected chi connectivity index (χ4v) is 3.02. The molecule has 1 aromatic carbocycles. The first-order valence-electron chi connectivity index (χ1n) is 8.11. The van der Waals surface area contributed by atoms with Crippen molar-refractivity contribution < 1.29 is 18.8 Å². The van der Waals surface area contributed by atoms with Crippen LogP contribution in [0.25, 0.3) is 0 Å². The summed E-state index contributed by atoms with van der Waals surface area (Å²) in [6, 6.07) is 6.64. The third kappa shape index (κ3) is 3.86. The van der Waals surface area contributed by atoms with E-state index < -0.39 is 6.04 Å². The first-order valence-corrected chi connectivity index (χ1v) is 8.49. The average Bonchev–Trinajstić information content (AvgIpc) is 3.06. The number of ether oxygens (including phenoxy) is 1. The van der Waals surface area contributed by atoms with Gasteiger partial charge >= 0.3 is 0 Å². The molecule has 2 heterocycles. The Hall–Kier alpha value is -2.45. The average molecular weight is 379 g/mol. The molecule has 2 amide bonds. The number of halogens is 1. The Morgan fingerprint density at radius 1 is 1.31 bits per heavy atom. The lowest BCUT2D eigenvalue weighted by atomic mass is 10.1. The third-order valence-corrected chi connectivity index (χ3v) is 4.56. The molecule has 0 radical (unpaired) electrons. The molecule has 0 N–H and O–H groups in total. The molecule has 0 saturated carbocycles. The van der Waals surface area contributed by atoms with Crippen LogP contribution in [0, 0.1) is 0 Å². The molecule has 0 bridgehead atoms. The molecular weight excluding hydrogens is 360 g/mol. The molecule has 0 unspecified atom stereocenters. The quantitative estimate of drug-likeness (QED) is 0.759. The van der Waals surface area contributed by atoms with E-state index in [0.717, 1.165) is 5.56 Å². The van der Waals surface area contributed by atoms with Gasteiger partial charge in [0.15, 0.2) is 5.82 Å². The number of aromatic nitrogens is 2. The maximum Gasteiger partial charge on any atom is 0.246 e. The number of carbonyl (C=O) groups is 2. The molecule has 138 valence electrons. The molecule has 1 atom stereocenters. The van der Waals surface area contributed by atoms with Crippen molar-refractivity contribution in [1.29, 1.82) is 0 Å². The summed E-state index contributed by atoms with van der Waals surface area (Å²) >= 11 is 6.16. The molecule has 0 aliphatic carbocycles. The van der Waals surface area contributed by atoms with E-state index in [1.165, 1.54) is 16.9 Å². The zero-order chi connectivity index (χ0) is 18.7. The summed E-state index contributed by atoms with van der Waals surface area (Å²) in [5, 5.41) is 4.33. The van der Waals surface area contributed by atoms with E-state index in [1.54, 1.807) is 13.0 Å². The van der Waals surface area contributed by atoms with Crippen molar-refractivity contribution >= 4 is 23.4 Å². The lowest BCUT2D eigenvalue weighted by molar-refractivity contribution is -0.156. The van der Waals surface area contributed by atoms with E-state index in [-0.39, 0.29) is 37.4 Å². The van der Waals surface area contributed by atoms with Gasteiger partial charge in [0.25, 0.3) is 0 Å². The maximum absolute atomic E-state index is 12.7. The van der Waals surface area contributed by atoms with E-state index in [1.807, 2.05) is 18.2 Å². The van der Waals surface area contributed by atoms with Crippen LogP contribution >= 0.6 is 11.6 Å². The van der Waals surface area contributed by atoms with Gasteiger partial charge in [-0.25, -0.2) is 0 Å². The zero-order valence-electron chi connectivity index (χ0n) is 14.5. The molecule has 1 saturated heterocycles. The summed E-state index contributed by atoms with van der Waals surface area (Å²) < 4.78 is 10.0. The number of rotatable bonds is 6. The van der Waals surface area contributed by atoms with Crippen LogP contribution in [0.1, 0.15) is 24.2 Å². The molecule has 8 nitrogen and oxygen atoms in total. The van der Waals surface area contributed by atoms with E-state index in [9.17, 15) is 9.59 Å². The Labute approximate surface area is 155 Å². The highest BCUT2D eigenvalue weighted by Crippen LogP contribution is 2.21. The molecule has 1 aliphatic heterocycles. The van der Waals surface area contributed by atoms with E-state index in [4.69, 9.17) is 20.9 Å². The highest BCUT2D eigenvalue weighted by molar-refractivity contribution is 6.31. The Bertz CT molecular complexity index is 810. The van der Waals surface area contributed by atoms with Crippen molar-refractivity contribution in [2.45, 2.75) is 32.7 Å². The van der Waals surface area contributed by atoms with Gasteiger partial charge in [-0.15, -0.1) is 0 Å². The second kappa shape index (κ2) is 7.84. The summed E-state index contributed by atoms with van der Waals surface area (Å²) in [6.45, 7) is 2.26. The van der Waals surface area contributed by atoms with Crippen molar-refractivity contribution in [1.82, 2.24) is 19.9 Å². The van der Waals surface area contributed by atoms with E-state index in [0.29, 0.717) is 17.4 Å². The van der Waals surface area contributed by atoms with Crippen LogP contribution < -0.4 is 0 Å². The first kappa shape index (κ1) is 18.3. The minimum atomic E-state index is -0.628. The second-order valence-electron chi connectivity index (χ2n) is 6.02. The van der Waals surface area contributed by atoms with Gasteiger partial charge in [-0.05, 0) is 18.6 Å². The van der Waals surface area contributed by atoms with Crippen molar-refractivity contribution in [3.05, 3.63) is 46.6 Å². The number of hydrogen-bond donors (Lipinski definition) is 0. The van der Waals surface area contributed by atoms with Crippen LogP contribution in [0.2, 0.25) is 5.02 Å². The summed E-state index contributed by atoms with van der Waals surface area (Å²) in [7, 11) is 1.53. The maximum atomic E-state index is 12.7. The van der Waals surface area contributed by atoms with Gasteiger partial charge in [-0.3, -0.25) is 9.59 Å². The molecule has 9 heteroatoms. The molecular formula is C17H19ClN4O4. The predicted octanol–water partition coefficient (Wildman–Crippen LogP) is 1.63. The van der Waals surface area contributed by atoms with Crippen molar-refractivity contribution in [3.63, 3.8) is 0 Å². The summed E-state index contributed by atoms with van der Waals surface area (Å²) in [6.07, 6.45) is 0. The van der Waals surface area contributed by atoms with Crippen molar-refractivity contribution in [2.24, 2.45) is 0 Å². The van der Waals surface area contributed by atoms with Gasteiger partial charge in [0.1, 0.15) is 25.7 Å². The third-order valence-electron chi connectivity index (χ3n) is 4.19. The van der Waals surface area contributed by atoms with Gasteiger partial charge in [0.2, 0.25) is 17.7 Å². The molecule has 2 aromatic rings. The normalized spacial score (nSPS) is 17.9. The SMILES string of the molecule is COCc1noc(CN2C(=O)CN(Cc3ccccc3Cl)C(=O)[C@@H]2C)n1. The molecule has 1 aliphatic rings. The van der Waals surface area contributed by atoms with Crippen molar-refractivity contribution in [3.8, 4) is 0 Å². The fraction of sp³-hybridized carbons (Fsp3) is 0.412. The van der Waals surface area contributed by atoms with Crippen LogP contribution in [0.4, 0.5) is 0 Å². The molecule has 26 heavy (non-hydrogen) atoms. The van der Waals surface area contributed by atoms with Crippen LogP contribution in [0.5, 0.6) is 0 Å². The standard InChI is InChI=1S/C17H19ClN4O4/c1-11-17(24)21(7-12-5-3-4-6-13(12)18)9-16(23)22(11)8-15-19-14(10-25-2)20-26-15/h3-6,11H,7-10H2,1-2H3/t11-/m0/s1. The van der Waals surface area contributed by atoms with Gasteiger partial charge in [-0.1, -0.05) is 35.0 Å². The molecule has 3 rings (SSSR count). The van der Waals surface area contributed by atoms with Crippen LogP contribution in [0.3, 0.4) is 0 Å². The Morgan fingerprint density at radius 3 is 2.81 bits per heavy atom. The number of benzene rings is 1. The van der Waals surface area contributed by atoms with Gasteiger partial charge in [0.05, 0.1) is 0 Å². The Kier molecular flexibility index (Phi) is 5.53. The number of nitrogens with zero attached hydrogens (tertiary/aromatic N) is 4.